The number of esters is 1. The van der Waals surface area contributed by atoms with Gasteiger partial charge in [-0.25, -0.2) is 0 Å². The molecule has 1 aliphatic heterocycles. The van der Waals surface area contributed by atoms with E-state index in [1.54, 1.807) is 0 Å². The van der Waals surface area contributed by atoms with Crippen molar-refractivity contribution in [3.8, 4) is 0 Å². The maximum absolute atomic E-state index is 12.6. The average molecular weight is 338 g/mol. The van der Waals surface area contributed by atoms with Crippen molar-refractivity contribution in [3.63, 3.8) is 0 Å². The summed E-state index contributed by atoms with van der Waals surface area (Å²) in [5, 5.41) is 0. The van der Waals surface area contributed by atoms with E-state index in [9.17, 15) is 4.79 Å². The number of carbonyl (C=O) groups is 1. The maximum Gasteiger partial charge on any atom is 0.306 e. The molecule has 4 atom stereocenters. The summed E-state index contributed by atoms with van der Waals surface area (Å²) in [6, 6.07) is 10.7. The molecule has 0 unspecified atom stereocenters. The molecule has 1 aromatic rings. The Kier molecular flexibility index (Phi) is 3.86. The van der Waals surface area contributed by atoms with E-state index in [0.29, 0.717) is 18.3 Å². The highest BCUT2D eigenvalue weighted by atomic mass is 16.5. The minimum absolute atomic E-state index is 0.00714. The van der Waals surface area contributed by atoms with Gasteiger partial charge in [0.15, 0.2) is 0 Å². The second-order valence-corrected chi connectivity index (χ2v) is 9.29. The lowest BCUT2D eigenvalue weighted by Crippen LogP contribution is -2.44. The number of ether oxygens (including phenoxy) is 1. The van der Waals surface area contributed by atoms with E-state index in [1.165, 1.54) is 36.0 Å². The van der Waals surface area contributed by atoms with Crippen LogP contribution in [0.3, 0.4) is 0 Å². The van der Waals surface area contributed by atoms with E-state index >= 15 is 0 Å². The SMILES string of the molecule is CC1=C2[C@H](C[C@H]1c1ccccc1)OC(=O)C[C@@H]1C(C)(C)CCC[C@@]21C. The molecular formula is C23H30O2. The molecule has 2 aliphatic carbocycles. The molecule has 2 fully saturated rings. The normalized spacial score (nSPS) is 37.1. The predicted molar refractivity (Wildman–Crippen MR) is 100 cm³/mol. The quantitative estimate of drug-likeness (QED) is 0.489. The molecule has 0 spiro atoms. The van der Waals surface area contributed by atoms with E-state index in [1.807, 2.05) is 0 Å². The van der Waals surface area contributed by atoms with Crippen molar-refractivity contribution in [2.75, 3.05) is 0 Å². The Morgan fingerprint density at radius 3 is 2.52 bits per heavy atom. The monoisotopic (exact) mass is 338 g/mol. The van der Waals surface area contributed by atoms with Crippen LogP contribution < -0.4 is 0 Å². The molecule has 0 radical (unpaired) electrons. The number of fused-ring (bicyclic) bond motifs is 3. The molecule has 1 saturated carbocycles. The van der Waals surface area contributed by atoms with Crippen molar-refractivity contribution in [1.29, 1.82) is 0 Å². The Balaban J connectivity index is 1.83. The van der Waals surface area contributed by atoms with Gasteiger partial charge in [0.25, 0.3) is 0 Å². The zero-order valence-electron chi connectivity index (χ0n) is 16.0. The van der Waals surface area contributed by atoms with Crippen molar-refractivity contribution < 1.29 is 9.53 Å². The van der Waals surface area contributed by atoms with Crippen LogP contribution in [0.4, 0.5) is 0 Å². The van der Waals surface area contributed by atoms with Crippen LogP contribution in [0, 0.1) is 16.7 Å². The number of carbonyl (C=O) groups excluding carboxylic acids is 1. The summed E-state index contributed by atoms with van der Waals surface area (Å²) in [6.07, 6.45) is 5.10. The van der Waals surface area contributed by atoms with Crippen molar-refractivity contribution in [3.05, 3.63) is 47.0 Å². The van der Waals surface area contributed by atoms with Crippen LogP contribution in [-0.2, 0) is 9.53 Å². The lowest BCUT2D eigenvalue weighted by molar-refractivity contribution is -0.148. The molecule has 2 nitrogen and oxygen atoms in total. The molecule has 0 N–H and O–H groups in total. The Hall–Kier alpha value is -1.57. The minimum atomic E-state index is -0.0263. The van der Waals surface area contributed by atoms with Crippen LogP contribution >= 0.6 is 0 Å². The van der Waals surface area contributed by atoms with Gasteiger partial charge >= 0.3 is 5.97 Å². The van der Waals surface area contributed by atoms with Crippen LogP contribution in [0.15, 0.2) is 41.5 Å². The first-order valence-electron chi connectivity index (χ1n) is 9.78. The summed E-state index contributed by atoms with van der Waals surface area (Å²) in [7, 11) is 0. The van der Waals surface area contributed by atoms with E-state index < -0.39 is 0 Å². The van der Waals surface area contributed by atoms with E-state index in [-0.39, 0.29) is 22.9 Å². The second kappa shape index (κ2) is 5.72. The lowest BCUT2D eigenvalue weighted by atomic mass is 9.53. The maximum atomic E-state index is 12.6. The van der Waals surface area contributed by atoms with Gasteiger partial charge in [-0.2, -0.15) is 0 Å². The van der Waals surface area contributed by atoms with Crippen LogP contribution in [0.5, 0.6) is 0 Å². The van der Waals surface area contributed by atoms with Gasteiger partial charge in [0.1, 0.15) is 6.10 Å². The fourth-order valence-electron chi connectivity index (χ4n) is 6.27. The molecule has 4 rings (SSSR count). The number of allylic oxidation sites excluding steroid dienone is 1. The molecule has 0 bridgehead atoms. The molecule has 1 saturated heterocycles. The van der Waals surface area contributed by atoms with Crippen LogP contribution in [0.2, 0.25) is 0 Å². The molecular weight excluding hydrogens is 308 g/mol. The highest BCUT2D eigenvalue weighted by Crippen LogP contribution is 2.61. The summed E-state index contributed by atoms with van der Waals surface area (Å²) < 4.78 is 6.01. The summed E-state index contributed by atoms with van der Waals surface area (Å²) in [4.78, 5) is 12.6. The number of rotatable bonds is 1. The highest BCUT2D eigenvalue weighted by molar-refractivity contribution is 5.72. The molecule has 0 aromatic heterocycles. The third-order valence-corrected chi connectivity index (χ3v) is 7.41. The third kappa shape index (κ3) is 2.56. The zero-order chi connectivity index (χ0) is 17.8. The van der Waals surface area contributed by atoms with Gasteiger partial charge in [0.2, 0.25) is 0 Å². The topological polar surface area (TPSA) is 26.3 Å². The Morgan fingerprint density at radius 1 is 1.08 bits per heavy atom. The summed E-state index contributed by atoms with van der Waals surface area (Å²) in [6.45, 7) is 9.40. The first-order chi connectivity index (χ1) is 11.8. The Labute approximate surface area is 151 Å². The number of hydrogen-bond donors (Lipinski definition) is 0. The fraction of sp³-hybridized carbons (Fsp3) is 0.609. The van der Waals surface area contributed by atoms with Crippen molar-refractivity contribution in [2.45, 2.75) is 71.8 Å². The van der Waals surface area contributed by atoms with Gasteiger partial charge in [-0.3, -0.25) is 4.79 Å². The Bertz CT molecular complexity index is 715. The predicted octanol–water partition coefficient (Wildman–Crippen LogP) is 5.64. The van der Waals surface area contributed by atoms with Crippen LogP contribution in [0.25, 0.3) is 0 Å². The molecule has 1 aromatic carbocycles. The van der Waals surface area contributed by atoms with Crippen LogP contribution in [-0.4, -0.2) is 12.1 Å². The van der Waals surface area contributed by atoms with Gasteiger partial charge < -0.3 is 4.74 Å². The first-order valence-corrected chi connectivity index (χ1v) is 9.78. The molecule has 1 heterocycles. The second-order valence-electron chi connectivity index (χ2n) is 9.29. The van der Waals surface area contributed by atoms with Crippen LogP contribution in [0.1, 0.15) is 71.3 Å². The van der Waals surface area contributed by atoms with Crippen molar-refractivity contribution in [2.24, 2.45) is 16.7 Å². The summed E-state index contributed by atoms with van der Waals surface area (Å²) >= 11 is 0. The van der Waals surface area contributed by atoms with Gasteiger partial charge in [0.05, 0.1) is 0 Å². The lowest BCUT2D eigenvalue weighted by Gasteiger charge is -2.51. The van der Waals surface area contributed by atoms with Crippen molar-refractivity contribution in [1.82, 2.24) is 0 Å². The summed E-state index contributed by atoms with van der Waals surface area (Å²) in [5.74, 6) is 0.771. The standard InChI is InChI=1S/C23H30O2/c1-15-17(16-9-6-5-7-10-16)13-18-21(15)23(4)12-8-11-22(2,3)19(23)14-20(24)25-18/h5-7,9-10,17-19H,8,11-14H2,1-4H3/t17-,18+,19-,23-/m1/s1. The fourth-order valence-corrected chi connectivity index (χ4v) is 6.27. The zero-order valence-corrected chi connectivity index (χ0v) is 16.0. The van der Waals surface area contributed by atoms with Gasteiger partial charge in [-0.15, -0.1) is 0 Å². The number of benzene rings is 1. The Morgan fingerprint density at radius 2 is 1.80 bits per heavy atom. The first kappa shape index (κ1) is 16.9. The molecule has 25 heavy (non-hydrogen) atoms. The number of hydrogen-bond acceptors (Lipinski definition) is 2. The largest absolute Gasteiger partial charge is 0.458 e. The molecule has 2 heteroatoms. The smallest absolute Gasteiger partial charge is 0.306 e. The van der Waals surface area contributed by atoms with E-state index in [4.69, 9.17) is 4.74 Å². The minimum Gasteiger partial charge on any atom is -0.458 e. The van der Waals surface area contributed by atoms with Gasteiger partial charge in [-0.05, 0) is 54.1 Å². The van der Waals surface area contributed by atoms with E-state index in [0.717, 1.165) is 6.42 Å². The van der Waals surface area contributed by atoms with Crippen molar-refractivity contribution >= 4 is 5.97 Å². The van der Waals surface area contributed by atoms with Gasteiger partial charge in [0, 0.05) is 12.3 Å². The third-order valence-electron chi connectivity index (χ3n) is 7.41. The van der Waals surface area contributed by atoms with Gasteiger partial charge in [-0.1, -0.05) is 63.1 Å². The van der Waals surface area contributed by atoms with E-state index in [2.05, 4.69) is 58.0 Å². The highest BCUT2D eigenvalue weighted by Gasteiger charge is 2.55. The summed E-state index contributed by atoms with van der Waals surface area (Å²) in [5.41, 5.74) is 4.54. The molecule has 134 valence electrons. The molecule has 3 aliphatic rings. The average Bonchev–Trinajstić information content (AvgIpc) is 2.82. The molecule has 0 amide bonds.